The number of rotatable bonds is 3. The molecule has 1 atom stereocenters. The molecule has 4 nitrogen and oxygen atoms in total. The summed E-state index contributed by atoms with van der Waals surface area (Å²) in [5, 5.41) is 0. The SMILES string of the molecule is CC(N=C(N)C1CC1)C(=O)N1CCCCC1. The van der Waals surface area contributed by atoms with Crippen molar-refractivity contribution in [2.45, 2.75) is 45.1 Å². The summed E-state index contributed by atoms with van der Waals surface area (Å²) in [5.74, 6) is 1.28. The molecular weight excluding hydrogens is 202 g/mol. The highest BCUT2D eigenvalue weighted by Crippen LogP contribution is 2.29. The number of nitrogens with two attached hydrogens (primary N) is 1. The van der Waals surface area contributed by atoms with Gasteiger partial charge in [-0.15, -0.1) is 0 Å². The molecule has 2 fully saturated rings. The average Bonchev–Trinajstić information content (AvgIpc) is 3.13. The topological polar surface area (TPSA) is 58.7 Å². The van der Waals surface area contributed by atoms with Crippen molar-refractivity contribution >= 4 is 11.7 Å². The molecule has 2 aliphatic rings. The second-order valence-corrected chi connectivity index (χ2v) is 4.89. The number of amides is 1. The van der Waals surface area contributed by atoms with Crippen molar-refractivity contribution in [3.63, 3.8) is 0 Å². The highest BCUT2D eigenvalue weighted by atomic mass is 16.2. The minimum Gasteiger partial charge on any atom is -0.387 e. The van der Waals surface area contributed by atoms with Gasteiger partial charge in [0.05, 0.1) is 5.84 Å². The molecule has 4 heteroatoms. The Bertz CT molecular complexity index is 291. The molecule has 16 heavy (non-hydrogen) atoms. The maximum absolute atomic E-state index is 12.0. The first-order valence-corrected chi connectivity index (χ1v) is 6.30. The van der Waals surface area contributed by atoms with Crippen molar-refractivity contribution in [1.82, 2.24) is 4.90 Å². The minimum absolute atomic E-state index is 0.142. The molecule has 1 aliphatic carbocycles. The van der Waals surface area contributed by atoms with E-state index in [9.17, 15) is 4.79 Å². The Labute approximate surface area is 96.9 Å². The van der Waals surface area contributed by atoms with Gasteiger partial charge in [-0.05, 0) is 39.0 Å². The van der Waals surface area contributed by atoms with Gasteiger partial charge in [0.1, 0.15) is 6.04 Å². The third-order valence-corrected chi connectivity index (χ3v) is 3.36. The molecule has 1 heterocycles. The fourth-order valence-electron chi connectivity index (χ4n) is 2.14. The van der Waals surface area contributed by atoms with Crippen molar-refractivity contribution in [3.05, 3.63) is 0 Å². The Kier molecular flexibility index (Phi) is 3.46. The van der Waals surface area contributed by atoms with Gasteiger partial charge in [0, 0.05) is 19.0 Å². The number of piperidine rings is 1. The highest BCUT2D eigenvalue weighted by Gasteiger charge is 2.28. The predicted octanol–water partition coefficient (Wildman–Crippen LogP) is 1.15. The molecule has 2 N–H and O–H groups in total. The van der Waals surface area contributed by atoms with Crippen molar-refractivity contribution in [2.75, 3.05) is 13.1 Å². The minimum atomic E-state index is -0.293. The molecule has 1 unspecified atom stereocenters. The summed E-state index contributed by atoms with van der Waals surface area (Å²) in [6.45, 7) is 3.64. The second-order valence-electron chi connectivity index (χ2n) is 4.89. The number of amidine groups is 1. The van der Waals surface area contributed by atoms with Crippen LogP contribution in [0.2, 0.25) is 0 Å². The van der Waals surface area contributed by atoms with Crippen LogP contribution in [0.15, 0.2) is 4.99 Å². The van der Waals surface area contributed by atoms with Crippen LogP contribution in [0.3, 0.4) is 0 Å². The van der Waals surface area contributed by atoms with E-state index in [1.807, 2.05) is 11.8 Å². The predicted molar refractivity (Wildman–Crippen MR) is 64.2 cm³/mol. The Hall–Kier alpha value is -1.06. The third-order valence-electron chi connectivity index (χ3n) is 3.36. The average molecular weight is 223 g/mol. The standard InChI is InChI=1S/C12H21N3O/c1-9(14-11(13)10-5-6-10)12(16)15-7-3-2-4-8-15/h9-10H,2-8H2,1H3,(H2,13,14). The molecule has 0 aromatic carbocycles. The number of hydrogen-bond donors (Lipinski definition) is 1. The largest absolute Gasteiger partial charge is 0.387 e. The first-order chi connectivity index (χ1) is 7.68. The van der Waals surface area contributed by atoms with E-state index in [1.54, 1.807) is 0 Å². The number of hydrogen-bond acceptors (Lipinski definition) is 2. The molecule has 0 aromatic rings. The molecular formula is C12H21N3O. The molecule has 1 amide bonds. The lowest BCUT2D eigenvalue weighted by Crippen LogP contribution is -2.41. The summed E-state index contributed by atoms with van der Waals surface area (Å²) >= 11 is 0. The van der Waals surface area contributed by atoms with Crippen LogP contribution in [0.1, 0.15) is 39.0 Å². The number of aliphatic imine (C=N–C) groups is 1. The van der Waals surface area contributed by atoms with Gasteiger partial charge in [-0.25, -0.2) is 0 Å². The summed E-state index contributed by atoms with van der Waals surface area (Å²) in [4.78, 5) is 18.3. The summed E-state index contributed by atoms with van der Waals surface area (Å²) in [5.41, 5.74) is 5.83. The normalized spacial score (nSPS) is 24.3. The van der Waals surface area contributed by atoms with Crippen LogP contribution < -0.4 is 5.73 Å². The Balaban J connectivity index is 1.89. The van der Waals surface area contributed by atoms with E-state index in [-0.39, 0.29) is 11.9 Å². The Morgan fingerprint density at radius 1 is 1.31 bits per heavy atom. The summed E-state index contributed by atoms with van der Waals surface area (Å²) in [7, 11) is 0. The first-order valence-electron chi connectivity index (χ1n) is 6.30. The first kappa shape index (κ1) is 11.4. The lowest BCUT2D eigenvalue weighted by molar-refractivity contribution is -0.132. The van der Waals surface area contributed by atoms with Gasteiger partial charge < -0.3 is 10.6 Å². The van der Waals surface area contributed by atoms with Gasteiger partial charge >= 0.3 is 0 Å². The lowest BCUT2D eigenvalue weighted by atomic mass is 10.1. The monoisotopic (exact) mass is 223 g/mol. The Morgan fingerprint density at radius 3 is 2.50 bits per heavy atom. The van der Waals surface area contributed by atoms with E-state index in [0.717, 1.165) is 38.8 Å². The quantitative estimate of drug-likeness (QED) is 0.576. The molecule has 1 saturated heterocycles. The van der Waals surface area contributed by atoms with Crippen LogP contribution in [0.5, 0.6) is 0 Å². The molecule has 0 spiro atoms. The molecule has 0 aromatic heterocycles. The van der Waals surface area contributed by atoms with Crippen molar-refractivity contribution < 1.29 is 4.79 Å². The molecule has 1 saturated carbocycles. The van der Waals surface area contributed by atoms with Gasteiger partial charge in [0.15, 0.2) is 0 Å². The zero-order valence-electron chi connectivity index (χ0n) is 9.98. The van der Waals surface area contributed by atoms with E-state index in [2.05, 4.69) is 4.99 Å². The van der Waals surface area contributed by atoms with E-state index < -0.39 is 0 Å². The smallest absolute Gasteiger partial charge is 0.247 e. The second kappa shape index (κ2) is 4.85. The van der Waals surface area contributed by atoms with Crippen LogP contribution in [0.25, 0.3) is 0 Å². The van der Waals surface area contributed by atoms with Gasteiger partial charge in [-0.2, -0.15) is 0 Å². The number of carbonyl (C=O) groups is 1. The fourth-order valence-corrected chi connectivity index (χ4v) is 2.14. The van der Waals surface area contributed by atoms with Gasteiger partial charge in [-0.3, -0.25) is 9.79 Å². The number of carbonyl (C=O) groups excluding carboxylic acids is 1. The van der Waals surface area contributed by atoms with Crippen LogP contribution in [0.4, 0.5) is 0 Å². The zero-order chi connectivity index (χ0) is 11.5. The van der Waals surface area contributed by atoms with E-state index in [1.165, 1.54) is 6.42 Å². The zero-order valence-corrected chi connectivity index (χ0v) is 9.98. The lowest BCUT2D eigenvalue weighted by Gasteiger charge is -2.28. The van der Waals surface area contributed by atoms with Gasteiger partial charge in [0.25, 0.3) is 0 Å². The molecule has 0 bridgehead atoms. The van der Waals surface area contributed by atoms with Crippen LogP contribution in [-0.2, 0) is 4.79 Å². The molecule has 0 radical (unpaired) electrons. The highest BCUT2D eigenvalue weighted by molar-refractivity contribution is 5.89. The maximum Gasteiger partial charge on any atom is 0.247 e. The van der Waals surface area contributed by atoms with E-state index in [4.69, 9.17) is 5.73 Å². The summed E-state index contributed by atoms with van der Waals surface area (Å²) < 4.78 is 0. The summed E-state index contributed by atoms with van der Waals surface area (Å²) in [6.07, 6.45) is 5.77. The number of nitrogens with zero attached hydrogens (tertiary/aromatic N) is 2. The summed E-state index contributed by atoms with van der Waals surface area (Å²) in [6, 6.07) is -0.293. The van der Waals surface area contributed by atoms with Crippen molar-refractivity contribution in [1.29, 1.82) is 0 Å². The molecule has 2 rings (SSSR count). The molecule has 90 valence electrons. The van der Waals surface area contributed by atoms with Crippen molar-refractivity contribution in [3.8, 4) is 0 Å². The Morgan fingerprint density at radius 2 is 1.94 bits per heavy atom. The van der Waals surface area contributed by atoms with Crippen LogP contribution in [-0.4, -0.2) is 35.8 Å². The van der Waals surface area contributed by atoms with Crippen molar-refractivity contribution in [2.24, 2.45) is 16.6 Å². The van der Waals surface area contributed by atoms with Gasteiger partial charge in [0.2, 0.25) is 5.91 Å². The van der Waals surface area contributed by atoms with Gasteiger partial charge in [-0.1, -0.05) is 0 Å². The van der Waals surface area contributed by atoms with Crippen LogP contribution >= 0.6 is 0 Å². The molecule has 1 aliphatic heterocycles. The fraction of sp³-hybridized carbons (Fsp3) is 0.833. The van der Waals surface area contributed by atoms with E-state index >= 15 is 0 Å². The maximum atomic E-state index is 12.0. The third kappa shape index (κ3) is 2.74. The van der Waals surface area contributed by atoms with Crippen LogP contribution in [0, 0.1) is 5.92 Å². The van der Waals surface area contributed by atoms with E-state index in [0.29, 0.717) is 11.8 Å². The number of likely N-dealkylation sites (tertiary alicyclic amines) is 1.